The number of hydrogen-bond acceptors (Lipinski definition) is 3. The summed E-state index contributed by atoms with van der Waals surface area (Å²) in [5.74, 6) is 0.120. The third-order valence-corrected chi connectivity index (χ3v) is 8.10. The molecule has 40 heavy (non-hydrogen) atoms. The maximum absolute atomic E-state index is 14.0. The van der Waals surface area contributed by atoms with Crippen molar-refractivity contribution in [2.24, 2.45) is 5.41 Å². The van der Waals surface area contributed by atoms with Crippen molar-refractivity contribution in [1.29, 1.82) is 0 Å². The Bertz CT molecular complexity index is 1280. The van der Waals surface area contributed by atoms with Gasteiger partial charge in [-0.2, -0.15) is 13.2 Å². The van der Waals surface area contributed by atoms with Crippen molar-refractivity contribution in [3.05, 3.63) is 90.0 Å². The summed E-state index contributed by atoms with van der Waals surface area (Å²) >= 11 is 0. The lowest BCUT2D eigenvalue weighted by atomic mass is 9.76. The topological polar surface area (TPSA) is 53.1 Å². The lowest BCUT2D eigenvalue weighted by Gasteiger charge is -2.46. The van der Waals surface area contributed by atoms with Gasteiger partial charge in [0.1, 0.15) is 5.75 Å². The molecule has 0 bridgehead atoms. The third-order valence-electron chi connectivity index (χ3n) is 8.10. The summed E-state index contributed by atoms with van der Waals surface area (Å²) in [5.41, 5.74) is 0.754. The molecule has 2 fully saturated rings. The molecule has 0 saturated carbocycles. The van der Waals surface area contributed by atoms with Crippen LogP contribution in [0.5, 0.6) is 5.75 Å². The Morgan fingerprint density at radius 3 is 2.42 bits per heavy atom. The quantitative estimate of drug-likeness (QED) is 0.356. The molecule has 2 heterocycles. The number of carbonyl (C=O) groups is 2. The average molecular weight is 556 g/mol. The van der Waals surface area contributed by atoms with Gasteiger partial charge in [0.15, 0.2) is 0 Å². The van der Waals surface area contributed by atoms with Gasteiger partial charge >= 0.3 is 12.2 Å². The van der Waals surface area contributed by atoms with Crippen molar-refractivity contribution in [1.82, 2.24) is 14.7 Å². The summed E-state index contributed by atoms with van der Waals surface area (Å²) in [5, 5.41) is 0. The van der Waals surface area contributed by atoms with Crippen LogP contribution in [0.4, 0.5) is 18.0 Å². The average Bonchev–Trinajstić information content (AvgIpc) is 3.18. The SMILES string of the molecule is C=CCC1(CC=C)CC2C(c3ccccc3C)N(C(=O)N(C)Cc3cc(OC)cc(C(F)(F)F)c3)CCN2C1=O. The van der Waals surface area contributed by atoms with Gasteiger partial charge in [0.05, 0.1) is 30.2 Å². The van der Waals surface area contributed by atoms with E-state index in [4.69, 9.17) is 4.74 Å². The molecule has 2 aliphatic heterocycles. The van der Waals surface area contributed by atoms with Crippen LogP contribution in [0.3, 0.4) is 0 Å². The zero-order chi connectivity index (χ0) is 29.2. The molecule has 214 valence electrons. The molecule has 9 heteroatoms. The largest absolute Gasteiger partial charge is 0.497 e. The van der Waals surface area contributed by atoms with Crippen LogP contribution < -0.4 is 4.74 Å². The fraction of sp³-hybridized carbons (Fsp3) is 0.419. The molecule has 3 amide bonds. The number of urea groups is 1. The molecule has 2 saturated heterocycles. The highest BCUT2D eigenvalue weighted by Crippen LogP contribution is 2.49. The number of alkyl halides is 3. The van der Waals surface area contributed by atoms with Crippen LogP contribution in [0.1, 0.15) is 47.6 Å². The second-order valence-corrected chi connectivity index (χ2v) is 10.7. The van der Waals surface area contributed by atoms with Gasteiger partial charge in [0.2, 0.25) is 5.91 Å². The highest BCUT2D eigenvalue weighted by Gasteiger charge is 2.56. The summed E-state index contributed by atoms with van der Waals surface area (Å²) in [7, 11) is 2.89. The lowest BCUT2D eigenvalue weighted by molar-refractivity contribution is -0.139. The van der Waals surface area contributed by atoms with E-state index in [0.717, 1.165) is 23.3 Å². The van der Waals surface area contributed by atoms with Gasteiger partial charge in [0.25, 0.3) is 0 Å². The van der Waals surface area contributed by atoms with Crippen LogP contribution >= 0.6 is 0 Å². The number of benzene rings is 2. The summed E-state index contributed by atoms with van der Waals surface area (Å²) in [6.45, 7) is 10.4. The molecular formula is C31H36F3N3O3. The third kappa shape index (κ3) is 5.46. The number of halogens is 3. The number of piperazine rings is 1. The van der Waals surface area contributed by atoms with E-state index in [1.54, 1.807) is 24.1 Å². The number of amides is 3. The number of hydrogen-bond donors (Lipinski definition) is 0. The van der Waals surface area contributed by atoms with Crippen LogP contribution in [0.25, 0.3) is 0 Å². The van der Waals surface area contributed by atoms with E-state index in [0.29, 0.717) is 37.9 Å². The number of carbonyl (C=O) groups excluding carboxylic acids is 2. The molecule has 2 atom stereocenters. The molecule has 0 radical (unpaired) electrons. The highest BCUT2D eigenvalue weighted by atomic mass is 19.4. The first kappa shape index (κ1) is 29.2. The normalized spacial score (nSPS) is 20.2. The van der Waals surface area contributed by atoms with Crippen molar-refractivity contribution >= 4 is 11.9 Å². The van der Waals surface area contributed by atoms with Gasteiger partial charge in [-0.15, -0.1) is 13.2 Å². The van der Waals surface area contributed by atoms with E-state index in [2.05, 4.69) is 13.2 Å². The van der Waals surface area contributed by atoms with Gasteiger partial charge in [-0.25, -0.2) is 4.79 Å². The zero-order valence-electron chi connectivity index (χ0n) is 23.2. The van der Waals surface area contributed by atoms with Crippen LogP contribution in [-0.2, 0) is 17.5 Å². The van der Waals surface area contributed by atoms with E-state index in [-0.39, 0.29) is 30.3 Å². The van der Waals surface area contributed by atoms with Crippen molar-refractivity contribution < 1.29 is 27.5 Å². The molecule has 0 spiro atoms. The maximum Gasteiger partial charge on any atom is 0.416 e. The number of nitrogens with zero attached hydrogens (tertiary/aromatic N) is 3. The van der Waals surface area contributed by atoms with Crippen molar-refractivity contribution in [3.8, 4) is 5.75 Å². The predicted molar refractivity (Wildman–Crippen MR) is 148 cm³/mol. The molecule has 4 rings (SSSR count). The minimum Gasteiger partial charge on any atom is -0.497 e. The van der Waals surface area contributed by atoms with E-state index in [1.807, 2.05) is 36.1 Å². The molecule has 2 aliphatic rings. The minimum absolute atomic E-state index is 0.0414. The van der Waals surface area contributed by atoms with E-state index >= 15 is 0 Å². The van der Waals surface area contributed by atoms with Gasteiger partial charge in [-0.3, -0.25) is 4.79 Å². The summed E-state index contributed by atoms with van der Waals surface area (Å²) < 4.78 is 45.6. The molecule has 2 unspecified atom stereocenters. The van der Waals surface area contributed by atoms with Gasteiger partial charge < -0.3 is 19.4 Å². The number of ether oxygens (including phenoxy) is 1. The Labute approximate surface area is 233 Å². The minimum atomic E-state index is -4.55. The Morgan fingerprint density at radius 1 is 1.15 bits per heavy atom. The van der Waals surface area contributed by atoms with Crippen molar-refractivity contribution in [2.45, 2.75) is 51.0 Å². The Morgan fingerprint density at radius 2 is 1.82 bits per heavy atom. The second-order valence-electron chi connectivity index (χ2n) is 10.7. The number of aryl methyl sites for hydroxylation is 1. The molecule has 0 aliphatic carbocycles. The van der Waals surface area contributed by atoms with Gasteiger partial charge in [0, 0.05) is 26.7 Å². The summed E-state index contributed by atoms with van der Waals surface area (Å²) in [4.78, 5) is 32.8. The second kappa shape index (κ2) is 11.4. The predicted octanol–water partition coefficient (Wildman–Crippen LogP) is 6.37. The number of methoxy groups -OCH3 is 1. The maximum atomic E-state index is 14.0. The molecule has 0 N–H and O–H groups in total. The number of rotatable bonds is 8. The first-order valence-corrected chi connectivity index (χ1v) is 13.3. The molecule has 0 aromatic heterocycles. The van der Waals surface area contributed by atoms with Crippen LogP contribution in [-0.4, -0.2) is 59.9 Å². The van der Waals surface area contributed by atoms with E-state index in [1.165, 1.54) is 18.1 Å². The summed E-state index contributed by atoms with van der Waals surface area (Å²) in [6.07, 6.45) is 0.552. The van der Waals surface area contributed by atoms with Gasteiger partial charge in [-0.05, 0) is 61.1 Å². The first-order valence-electron chi connectivity index (χ1n) is 13.3. The van der Waals surface area contributed by atoms with Gasteiger partial charge in [-0.1, -0.05) is 36.4 Å². The Hall–Kier alpha value is -3.75. The van der Waals surface area contributed by atoms with Crippen molar-refractivity contribution in [3.63, 3.8) is 0 Å². The van der Waals surface area contributed by atoms with Crippen molar-refractivity contribution in [2.75, 3.05) is 27.2 Å². The Balaban J connectivity index is 1.69. The monoisotopic (exact) mass is 555 g/mol. The number of fused-ring (bicyclic) bond motifs is 1. The molecule has 6 nitrogen and oxygen atoms in total. The van der Waals surface area contributed by atoms with E-state index < -0.39 is 23.2 Å². The highest BCUT2D eigenvalue weighted by molar-refractivity contribution is 5.87. The van der Waals surface area contributed by atoms with E-state index in [9.17, 15) is 22.8 Å². The lowest BCUT2D eigenvalue weighted by Crippen LogP contribution is -2.57. The first-order chi connectivity index (χ1) is 19.0. The molecule has 2 aromatic carbocycles. The van der Waals surface area contributed by atoms with Crippen LogP contribution in [0.15, 0.2) is 67.8 Å². The fourth-order valence-electron chi connectivity index (χ4n) is 6.24. The van der Waals surface area contributed by atoms with Crippen LogP contribution in [0, 0.1) is 12.3 Å². The smallest absolute Gasteiger partial charge is 0.416 e. The molecular weight excluding hydrogens is 519 g/mol. The Kier molecular flexibility index (Phi) is 8.33. The molecule has 2 aromatic rings. The zero-order valence-corrected chi connectivity index (χ0v) is 23.2. The standard InChI is InChI=1S/C31H36F3N3O3/c1-6-12-30(13-7-2)19-26-27(25-11-9-8-10-21(25)3)37(15-14-36(26)28(30)38)29(39)35(4)20-22-16-23(31(32,33)34)18-24(17-22)40-5/h6-11,16-18,26-27H,1-2,12-15,19-20H2,3-5H3. The van der Waals surface area contributed by atoms with Crippen LogP contribution in [0.2, 0.25) is 0 Å². The summed E-state index contributed by atoms with van der Waals surface area (Å²) in [6, 6.07) is 10.3. The fourth-order valence-corrected chi connectivity index (χ4v) is 6.24. The number of allylic oxidation sites excluding steroid dienone is 2.